The fourth-order valence-electron chi connectivity index (χ4n) is 2.12. The van der Waals surface area contributed by atoms with Crippen molar-refractivity contribution in [3.05, 3.63) is 65.4 Å². The third-order valence-corrected chi connectivity index (χ3v) is 4.14. The Balaban J connectivity index is 1.75. The van der Waals surface area contributed by atoms with Crippen LogP contribution in [0.5, 0.6) is 0 Å². The molecular weight excluding hydrogens is 359 g/mol. The zero-order valence-corrected chi connectivity index (χ0v) is 14.4. The Hall–Kier alpha value is -3.20. The Bertz CT molecular complexity index is 933. The molecule has 0 radical (unpaired) electrons. The van der Waals surface area contributed by atoms with Gasteiger partial charge in [-0.3, -0.25) is 14.7 Å². The Morgan fingerprint density at radius 2 is 2.08 bits per heavy atom. The molecule has 0 spiro atoms. The highest BCUT2D eigenvalue weighted by Crippen LogP contribution is 2.30. The molecule has 132 valence electrons. The van der Waals surface area contributed by atoms with E-state index in [0.717, 1.165) is 11.3 Å². The monoisotopic (exact) mass is 372 g/mol. The van der Waals surface area contributed by atoms with Crippen LogP contribution in [-0.4, -0.2) is 26.8 Å². The first kappa shape index (κ1) is 17.6. The fraction of sp³-hybridized carbons (Fsp3) is 0.118. The van der Waals surface area contributed by atoms with Crippen LogP contribution in [0.3, 0.4) is 0 Å². The van der Waals surface area contributed by atoms with Gasteiger partial charge in [0, 0.05) is 24.7 Å². The van der Waals surface area contributed by atoms with Crippen molar-refractivity contribution in [3.63, 3.8) is 0 Å². The largest absolute Gasteiger partial charge is 0.454 e. The van der Waals surface area contributed by atoms with E-state index in [0.29, 0.717) is 5.69 Å². The zero-order valence-electron chi connectivity index (χ0n) is 13.6. The summed E-state index contributed by atoms with van der Waals surface area (Å²) in [5, 5.41) is 1.92. The summed E-state index contributed by atoms with van der Waals surface area (Å²) in [6.45, 7) is 1.22. The first-order chi connectivity index (χ1) is 12.6. The number of hydrogen-bond donors (Lipinski definition) is 0. The Kier molecular flexibility index (Phi) is 5.28. The van der Waals surface area contributed by atoms with Crippen molar-refractivity contribution in [1.82, 2.24) is 15.0 Å². The SMILES string of the molecule is CC(=O)N(c1nc(COC(=O)c2cnccn2)cs1)c1ccccc1F. The second-order valence-electron chi connectivity index (χ2n) is 5.09. The lowest BCUT2D eigenvalue weighted by Crippen LogP contribution is -2.23. The molecule has 0 saturated carbocycles. The summed E-state index contributed by atoms with van der Waals surface area (Å²) in [4.78, 5) is 36.9. The van der Waals surface area contributed by atoms with E-state index in [-0.39, 0.29) is 29.0 Å². The van der Waals surface area contributed by atoms with Crippen molar-refractivity contribution in [1.29, 1.82) is 0 Å². The number of para-hydroxylation sites is 1. The Labute approximate surface area is 152 Å². The predicted molar refractivity (Wildman–Crippen MR) is 92.5 cm³/mol. The average Bonchev–Trinajstić information content (AvgIpc) is 3.10. The second-order valence-corrected chi connectivity index (χ2v) is 5.93. The van der Waals surface area contributed by atoms with Crippen LogP contribution in [0.15, 0.2) is 48.2 Å². The highest BCUT2D eigenvalue weighted by molar-refractivity contribution is 7.14. The third-order valence-electron chi connectivity index (χ3n) is 3.26. The highest BCUT2D eigenvalue weighted by Gasteiger charge is 2.21. The molecule has 1 aromatic carbocycles. The van der Waals surface area contributed by atoms with Crippen molar-refractivity contribution in [2.24, 2.45) is 0 Å². The van der Waals surface area contributed by atoms with Crippen LogP contribution >= 0.6 is 11.3 Å². The first-order valence-corrected chi connectivity index (χ1v) is 8.37. The normalized spacial score (nSPS) is 10.4. The summed E-state index contributed by atoms with van der Waals surface area (Å²) in [6.07, 6.45) is 4.13. The van der Waals surface area contributed by atoms with Crippen molar-refractivity contribution < 1.29 is 18.7 Å². The van der Waals surface area contributed by atoms with E-state index in [4.69, 9.17) is 4.74 Å². The molecule has 2 heterocycles. The molecular formula is C17H13FN4O3S. The van der Waals surface area contributed by atoms with Crippen LogP contribution in [0.4, 0.5) is 15.2 Å². The molecule has 0 aliphatic heterocycles. The summed E-state index contributed by atoms with van der Waals surface area (Å²) in [5.41, 5.74) is 0.627. The number of ether oxygens (including phenoxy) is 1. The molecule has 3 aromatic rings. The Morgan fingerprint density at radius 1 is 1.27 bits per heavy atom. The molecule has 0 fully saturated rings. The molecule has 7 nitrogen and oxygen atoms in total. The lowest BCUT2D eigenvalue weighted by Gasteiger charge is -2.18. The van der Waals surface area contributed by atoms with Crippen molar-refractivity contribution in [2.75, 3.05) is 4.90 Å². The standard InChI is InChI=1S/C17H13FN4O3S/c1-11(23)22(15-5-3-2-4-13(15)18)17-21-12(10-26-17)9-25-16(24)14-8-19-6-7-20-14/h2-8,10H,9H2,1H3. The summed E-state index contributed by atoms with van der Waals surface area (Å²) in [6, 6.07) is 5.93. The smallest absolute Gasteiger partial charge is 0.358 e. The molecule has 0 unspecified atom stereocenters. The minimum Gasteiger partial charge on any atom is -0.454 e. The molecule has 2 aromatic heterocycles. The molecule has 0 bridgehead atoms. The van der Waals surface area contributed by atoms with E-state index in [1.807, 2.05) is 0 Å². The van der Waals surface area contributed by atoms with Crippen LogP contribution in [0.25, 0.3) is 0 Å². The molecule has 1 amide bonds. The van der Waals surface area contributed by atoms with Gasteiger partial charge < -0.3 is 4.74 Å². The molecule has 0 aliphatic rings. The molecule has 26 heavy (non-hydrogen) atoms. The van der Waals surface area contributed by atoms with Crippen LogP contribution in [0, 0.1) is 5.82 Å². The number of carbonyl (C=O) groups is 2. The van der Waals surface area contributed by atoms with Gasteiger partial charge in [-0.05, 0) is 12.1 Å². The number of benzene rings is 1. The van der Waals surface area contributed by atoms with E-state index in [9.17, 15) is 14.0 Å². The van der Waals surface area contributed by atoms with Crippen LogP contribution in [0.2, 0.25) is 0 Å². The average molecular weight is 372 g/mol. The van der Waals surface area contributed by atoms with Crippen molar-refractivity contribution in [3.8, 4) is 0 Å². The number of anilines is 2. The first-order valence-electron chi connectivity index (χ1n) is 7.49. The zero-order chi connectivity index (χ0) is 18.5. The summed E-state index contributed by atoms with van der Waals surface area (Å²) < 4.78 is 19.2. The van der Waals surface area contributed by atoms with E-state index in [1.165, 1.54) is 48.6 Å². The predicted octanol–water partition coefficient (Wildman–Crippen LogP) is 3.11. The van der Waals surface area contributed by atoms with Gasteiger partial charge >= 0.3 is 5.97 Å². The van der Waals surface area contributed by atoms with Gasteiger partial charge in [-0.25, -0.2) is 19.2 Å². The Morgan fingerprint density at radius 3 is 2.77 bits per heavy atom. The molecule has 0 N–H and O–H groups in total. The number of halogens is 1. The number of nitrogens with zero attached hydrogens (tertiary/aromatic N) is 4. The highest BCUT2D eigenvalue weighted by atomic mass is 32.1. The molecule has 0 atom stereocenters. The van der Waals surface area contributed by atoms with Gasteiger partial charge in [-0.2, -0.15) is 0 Å². The lowest BCUT2D eigenvalue weighted by atomic mass is 10.3. The molecule has 3 rings (SSSR count). The lowest BCUT2D eigenvalue weighted by molar-refractivity contribution is -0.115. The third kappa shape index (κ3) is 3.89. The maximum absolute atomic E-state index is 14.0. The van der Waals surface area contributed by atoms with Gasteiger partial charge in [0.15, 0.2) is 10.8 Å². The fourth-order valence-corrected chi connectivity index (χ4v) is 2.99. The summed E-state index contributed by atoms with van der Waals surface area (Å²) in [5.74, 6) is -1.55. The van der Waals surface area contributed by atoms with Gasteiger partial charge in [-0.1, -0.05) is 12.1 Å². The maximum atomic E-state index is 14.0. The minimum atomic E-state index is -0.634. The number of aromatic nitrogens is 3. The maximum Gasteiger partial charge on any atom is 0.358 e. The number of rotatable bonds is 5. The van der Waals surface area contributed by atoms with Crippen molar-refractivity contribution >= 4 is 34.0 Å². The summed E-state index contributed by atoms with van der Waals surface area (Å²) >= 11 is 1.15. The van der Waals surface area contributed by atoms with Gasteiger partial charge in [0.05, 0.1) is 17.6 Å². The topological polar surface area (TPSA) is 85.3 Å². The molecule has 0 aliphatic carbocycles. The van der Waals surface area contributed by atoms with E-state index in [2.05, 4.69) is 15.0 Å². The van der Waals surface area contributed by atoms with Crippen molar-refractivity contribution in [2.45, 2.75) is 13.5 Å². The number of esters is 1. The van der Waals surface area contributed by atoms with E-state index in [1.54, 1.807) is 11.4 Å². The molecule has 9 heteroatoms. The van der Waals surface area contributed by atoms with E-state index < -0.39 is 11.8 Å². The summed E-state index contributed by atoms with van der Waals surface area (Å²) in [7, 11) is 0. The number of thiazole rings is 1. The van der Waals surface area contributed by atoms with Crippen LogP contribution in [-0.2, 0) is 16.1 Å². The minimum absolute atomic E-state index is 0.0830. The van der Waals surface area contributed by atoms with Gasteiger partial charge in [-0.15, -0.1) is 11.3 Å². The van der Waals surface area contributed by atoms with Crippen LogP contribution < -0.4 is 4.90 Å². The van der Waals surface area contributed by atoms with Gasteiger partial charge in [0.2, 0.25) is 5.91 Å². The van der Waals surface area contributed by atoms with E-state index >= 15 is 0 Å². The van der Waals surface area contributed by atoms with Crippen LogP contribution in [0.1, 0.15) is 23.1 Å². The number of hydrogen-bond acceptors (Lipinski definition) is 7. The molecule has 0 saturated heterocycles. The number of amides is 1. The quantitative estimate of drug-likeness (QED) is 0.640. The number of carbonyl (C=O) groups excluding carboxylic acids is 2. The van der Waals surface area contributed by atoms with Gasteiger partial charge in [0.25, 0.3) is 0 Å². The second kappa shape index (κ2) is 7.79. The van der Waals surface area contributed by atoms with Gasteiger partial charge in [0.1, 0.15) is 12.4 Å².